The number of allylic oxidation sites excluding steroid dienone is 2. The molecule has 2 aromatic carbocycles. The van der Waals surface area contributed by atoms with Crippen molar-refractivity contribution >= 4 is 29.5 Å². The lowest BCUT2D eigenvalue weighted by Crippen LogP contribution is -2.39. The molecule has 2 heterocycles. The molecule has 3 aromatic rings. The van der Waals surface area contributed by atoms with Crippen molar-refractivity contribution in [3.63, 3.8) is 0 Å². The van der Waals surface area contributed by atoms with Gasteiger partial charge >= 0.3 is 5.97 Å². The van der Waals surface area contributed by atoms with Crippen LogP contribution in [0.4, 0.5) is 0 Å². The van der Waals surface area contributed by atoms with Gasteiger partial charge in [-0.05, 0) is 42.5 Å². The van der Waals surface area contributed by atoms with E-state index < -0.39 is 12.0 Å². The van der Waals surface area contributed by atoms with Crippen LogP contribution in [0.5, 0.6) is 0 Å². The second-order valence-electron chi connectivity index (χ2n) is 8.42. The van der Waals surface area contributed by atoms with Crippen molar-refractivity contribution in [1.29, 1.82) is 0 Å². The van der Waals surface area contributed by atoms with E-state index in [1.807, 2.05) is 54.6 Å². The zero-order chi connectivity index (χ0) is 24.2. The van der Waals surface area contributed by atoms with Gasteiger partial charge in [0.25, 0.3) is 5.56 Å². The Kier molecular flexibility index (Phi) is 7.08. The molecule has 0 radical (unpaired) electrons. The van der Waals surface area contributed by atoms with E-state index in [-0.39, 0.29) is 12.2 Å². The Morgan fingerprint density at radius 2 is 1.85 bits per heavy atom. The lowest BCUT2D eigenvalue weighted by molar-refractivity contribution is -0.139. The third kappa shape index (κ3) is 4.73. The zero-order valence-electron chi connectivity index (χ0n) is 19.8. The quantitative estimate of drug-likeness (QED) is 0.493. The summed E-state index contributed by atoms with van der Waals surface area (Å²) in [6.45, 7) is 8.09. The van der Waals surface area contributed by atoms with Crippen molar-refractivity contribution in [2.45, 2.75) is 39.7 Å². The molecular weight excluding hydrogens is 444 g/mol. The minimum absolute atomic E-state index is 0.173. The van der Waals surface area contributed by atoms with Gasteiger partial charge in [0.15, 0.2) is 4.80 Å². The van der Waals surface area contributed by atoms with E-state index in [4.69, 9.17) is 4.74 Å². The number of ether oxygens (including phenoxy) is 1. The zero-order valence-corrected chi connectivity index (χ0v) is 20.6. The van der Waals surface area contributed by atoms with E-state index in [0.717, 1.165) is 11.1 Å². The van der Waals surface area contributed by atoms with Crippen LogP contribution in [0, 0.1) is 0 Å². The minimum atomic E-state index is -0.586. The summed E-state index contributed by atoms with van der Waals surface area (Å²) in [5.41, 5.74) is 3.90. The molecule has 0 N–H and O–H groups in total. The molecule has 1 aliphatic rings. The Balaban J connectivity index is 1.85. The number of rotatable bonds is 6. The van der Waals surface area contributed by atoms with Crippen LogP contribution in [0.15, 0.2) is 81.7 Å². The summed E-state index contributed by atoms with van der Waals surface area (Å²) >= 11 is 1.33. The van der Waals surface area contributed by atoms with Crippen molar-refractivity contribution in [2.24, 2.45) is 4.99 Å². The molecule has 0 spiro atoms. The fourth-order valence-corrected chi connectivity index (χ4v) is 4.99. The number of nitrogens with zero attached hydrogens (tertiary/aromatic N) is 2. The predicted octanol–water partition coefficient (Wildman–Crippen LogP) is 4.59. The molecule has 1 aliphatic heterocycles. The SMILES string of the molecule is CCOC(=O)C1=C(C)N=c2s/c(=C/C=C/c3ccccc3)c(=O)n2[C@H]1c1ccc(C(C)C)cc1. The van der Waals surface area contributed by atoms with E-state index in [2.05, 4.69) is 31.0 Å². The van der Waals surface area contributed by atoms with Crippen LogP contribution in [-0.2, 0) is 9.53 Å². The van der Waals surface area contributed by atoms with Crippen LogP contribution >= 0.6 is 11.3 Å². The number of hydrogen-bond donors (Lipinski definition) is 0. The molecule has 1 atom stereocenters. The lowest BCUT2D eigenvalue weighted by atomic mass is 9.93. The van der Waals surface area contributed by atoms with Gasteiger partial charge in [0.2, 0.25) is 0 Å². The topological polar surface area (TPSA) is 60.7 Å². The number of thiazole rings is 1. The normalized spacial score (nSPS) is 16.1. The number of carbonyl (C=O) groups excluding carboxylic acids is 1. The van der Waals surface area contributed by atoms with Crippen molar-refractivity contribution < 1.29 is 9.53 Å². The number of hydrogen-bond acceptors (Lipinski definition) is 5. The van der Waals surface area contributed by atoms with E-state index in [1.54, 1.807) is 24.5 Å². The Morgan fingerprint density at radius 3 is 2.50 bits per heavy atom. The third-order valence-electron chi connectivity index (χ3n) is 5.77. The van der Waals surface area contributed by atoms with Crippen molar-refractivity contribution in [3.05, 3.63) is 108 Å². The molecule has 0 saturated heterocycles. The molecule has 6 heteroatoms. The second-order valence-corrected chi connectivity index (χ2v) is 9.42. The molecule has 0 unspecified atom stereocenters. The molecule has 0 fully saturated rings. The fraction of sp³-hybridized carbons (Fsp3) is 0.250. The third-order valence-corrected chi connectivity index (χ3v) is 6.77. The Morgan fingerprint density at radius 1 is 1.15 bits per heavy atom. The number of esters is 1. The molecule has 0 aliphatic carbocycles. The van der Waals surface area contributed by atoms with E-state index >= 15 is 0 Å². The summed E-state index contributed by atoms with van der Waals surface area (Å²) in [7, 11) is 0. The van der Waals surface area contributed by atoms with Gasteiger partial charge in [0, 0.05) is 0 Å². The largest absolute Gasteiger partial charge is 0.463 e. The van der Waals surface area contributed by atoms with Crippen molar-refractivity contribution in [1.82, 2.24) is 4.57 Å². The van der Waals surface area contributed by atoms with Crippen molar-refractivity contribution in [2.75, 3.05) is 6.61 Å². The lowest BCUT2D eigenvalue weighted by Gasteiger charge is -2.25. The van der Waals surface area contributed by atoms with Gasteiger partial charge in [-0.1, -0.05) is 91.9 Å². The Hall–Kier alpha value is -3.51. The first-order valence-electron chi connectivity index (χ1n) is 11.4. The summed E-state index contributed by atoms with van der Waals surface area (Å²) in [4.78, 5) is 31.7. The number of benzene rings is 2. The van der Waals surface area contributed by atoms with Gasteiger partial charge in [-0.25, -0.2) is 9.79 Å². The molecule has 0 bridgehead atoms. The molecule has 0 saturated carbocycles. The van der Waals surface area contributed by atoms with Gasteiger partial charge in [-0.2, -0.15) is 0 Å². The molecule has 5 nitrogen and oxygen atoms in total. The summed E-state index contributed by atoms with van der Waals surface area (Å²) in [6, 6.07) is 17.4. The summed E-state index contributed by atoms with van der Waals surface area (Å²) < 4.78 is 7.54. The van der Waals surface area contributed by atoms with Crippen LogP contribution < -0.4 is 14.9 Å². The monoisotopic (exact) mass is 472 g/mol. The molecule has 1 aromatic heterocycles. The van der Waals surface area contributed by atoms with Gasteiger partial charge < -0.3 is 4.74 Å². The molecule has 34 heavy (non-hydrogen) atoms. The average Bonchev–Trinajstić information content (AvgIpc) is 3.13. The van der Waals surface area contributed by atoms with Crippen molar-refractivity contribution in [3.8, 4) is 0 Å². The highest BCUT2D eigenvalue weighted by molar-refractivity contribution is 7.07. The summed E-state index contributed by atoms with van der Waals surface area (Å²) in [6.07, 6.45) is 5.63. The summed E-state index contributed by atoms with van der Waals surface area (Å²) in [5, 5.41) is 0. The Bertz CT molecular complexity index is 1430. The average molecular weight is 473 g/mol. The smallest absolute Gasteiger partial charge is 0.338 e. The number of carbonyl (C=O) groups is 1. The standard InChI is InChI=1S/C28H28N2O3S/c1-5-33-27(32)24-19(4)29-28-30(25(24)22-16-14-21(15-17-22)18(2)3)26(31)23(34-28)13-9-12-20-10-7-6-8-11-20/h6-18,25H,5H2,1-4H3/b12-9+,23-13+/t25-/m0/s1. The van der Waals surface area contributed by atoms with Crippen LogP contribution in [0.3, 0.4) is 0 Å². The van der Waals surface area contributed by atoms with Gasteiger partial charge in [0.05, 0.1) is 28.5 Å². The van der Waals surface area contributed by atoms with E-state index in [0.29, 0.717) is 26.5 Å². The first kappa shape index (κ1) is 23.6. The van der Waals surface area contributed by atoms with Crippen LogP contribution in [0.25, 0.3) is 12.2 Å². The fourth-order valence-electron chi connectivity index (χ4n) is 3.99. The predicted molar refractivity (Wildman–Crippen MR) is 137 cm³/mol. The highest BCUT2D eigenvalue weighted by Crippen LogP contribution is 2.31. The maximum atomic E-state index is 13.5. The minimum Gasteiger partial charge on any atom is -0.463 e. The second kappa shape index (κ2) is 10.2. The highest BCUT2D eigenvalue weighted by atomic mass is 32.1. The number of aromatic nitrogens is 1. The van der Waals surface area contributed by atoms with Crippen LogP contribution in [0.2, 0.25) is 0 Å². The number of fused-ring (bicyclic) bond motifs is 1. The molecular formula is C28H28N2O3S. The van der Waals surface area contributed by atoms with Gasteiger partial charge in [-0.3, -0.25) is 9.36 Å². The van der Waals surface area contributed by atoms with Gasteiger partial charge in [0.1, 0.15) is 0 Å². The summed E-state index contributed by atoms with van der Waals surface area (Å²) in [5.74, 6) is -0.0609. The first-order chi connectivity index (χ1) is 16.4. The first-order valence-corrected chi connectivity index (χ1v) is 12.2. The van der Waals surface area contributed by atoms with E-state index in [9.17, 15) is 9.59 Å². The van der Waals surface area contributed by atoms with Crippen LogP contribution in [0.1, 0.15) is 56.3 Å². The molecule has 4 rings (SSSR count). The van der Waals surface area contributed by atoms with Crippen LogP contribution in [-0.4, -0.2) is 17.1 Å². The van der Waals surface area contributed by atoms with E-state index in [1.165, 1.54) is 16.9 Å². The Labute approximate surface area is 203 Å². The molecule has 0 amide bonds. The maximum Gasteiger partial charge on any atom is 0.338 e. The highest BCUT2D eigenvalue weighted by Gasteiger charge is 2.33. The molecule has 174 valence electrons. The maximum absolute atomic E-state index is 13.5. The van der Waals surface area contributed by atoms with Gasteiger partial charge in [-0.15, -0.1) is 0 Å².